The summed E-state index contributed by atoms with van der Waals surface area (Å²) >= 11 is 0. The Morgan fingerprint density at radius 2 is 2.04 bits per heavy atom. The summed E-state index contributed by atoms with van der Waals surface area (Å²) in [6, 6.07) is 10.7. The van der Waals surface area contributed by atoms with E-state index in [0.29, 0.717) is 11.5 Å². The number of nitriles is 1. The van der Waals surface area contributed by atoms with Gasteiger partial charge < -0.3 is 10.6 Å². The fourth-order valence-electron chi connectivity index (χ4n) is 1.79. The van der Waals surface area contributed by atoms with E-state index in [0.717, 1.165) is 5.56 Å². The van der Waals surface area contributed by atoms with Crippen molar-refractivity contribution in [2.75, 3.05) is 10.6 Å². The molecule has 0 saturated heterocycles. The average molecular weight is 323 g/mol. The van der Waals surface area contributed by atoms with E-state index in [2.05, 4.69) is 15.6 Å². The van der Waals surface area contributed by atoms with Gasteiger partial charge in [-0.3, -0.25) is 14.9 Å². The summed E-state index contributed by atoms with van der Waals surface area (Å²) in [5.41, 5.74) is 0.970. The van der Waals surface area contributed by atoms with Crippen LogP contribution < -0.4 is 10.6 Å². The Hall–Kier alpha value is -3.73. The molecule has 0 radical (unpaired) electrons. The van der Waals surface area contributed by atoms with E-state index in [4.69, 9.17) is 5.26 Å². The summed E-state index contributed by atoms with van der Waals surface area (Å²) < 4.78 is 0. The highest BCUT2D eigenvalue weighted by Crippen LogP contribution is 2.16. The number of hydrogen-bond acceptors (Lipinski definition) is 6. The number of nitro benzene ring substituents is 1. The molecule has 1 heterocycles. The number of aromatic nitrogens is 1. The summed E-state index contributed by atoms with van der Waals surface area (Å²) in [4.78, 5) is 26.2. The molecule has 1 aromatic heterocycles. The quantitative estimate of drug-likeness (QED) is 0.378. The standard InChI is InChI=1S/C16H13N5O3/c1-11-3-2-8-18-15(11)19-10-12(9-17)16(22)20-13-4-6-14(7-5-13)21(23)24/h2-8,10H,1H3,(H,18,19)(H,20,22)/b12-10-. The molecule has 2 aromatic rings. The maximum Gasteiger partial charge on any atom is 0.269 e. The summed E-state index contributed by atoms with van der Waals surface area (Å²) in [5.74, 6) is -0.0965. The van der Waals surface area contributed by atoms with Gasteiger partial charge in [0.1, 0.15) is 17.5 Å². The molecule has 0 aliphatic rings. The molecule has 0 spiro atoms. The molecule has 120 valence electrons. The van der Waals surface area contributed by atoms with Gasteiger partial charge in [-0.2, -0.15) is 5.26 Å². The van der Waals surface area contributed by atoms with Gasteiger partial charge in [-0.05, 0) is 30.7 Å². The number of rotatable bonds is 5. The van der Waals surface area contributed by atoms with Crippen LogP contribution >= 0.6 is 0 Å². The topological polar surface area (TPSA) is 121 Å². The third-order valence-corrected chi connectivity index (χ3v) is 3.06. The molecule has 0 aliphatic heterocycles. The van der Waals surface area contributed by atoms with Gasteiger partial charge >= 0.3 is 0 Å². The Morgan fingerprint density at radius 1 is 1.33 bits per heavy atom. The van der Waals surface area contributed by atoms with Gasteiger partial charge in [0.25, 0.3) is 11.6 Å². The molecule has 2 N–H and O–H groups in total. The first-order valence-electron chi connectivity index (χ1n) is 6.85. The molecule has 0 atom stereocenters. The fourth-order valence-corrected chi connectivity index (χ4v) is 1.79. The fraction of sp³-hybridized carbons (Fsp3) is 0.0625. The summed E-state index contributed by atoms with van der Waals surface area (Å²) in [6.45, 7) is 1.84. The summed E-state index contributed by atoms with van der Waals surface area (Å²) in [7, 11) is 0. The Kier molecular flexibility index (Phi) is 5.20. The maximum absolute atomic E-state index is 12.1. The second-order valence-corrected chi connectivity index (χ2v) is 4.74. The highest BCUT2D eigenvalue weighted by molar-refractivity contribution is 6.06. The van der Waals surface area contributed by atoms with Gasteiger partial charge in [-0.25, -0.2) is 4.98 Å². The molecule has 8 nitrogen and oxygen atoms in total. The van der Waals surface area contributed by atoms with Crippen molar-refractivity contribution in [1.82, 2.24) is 4.98 Å². The van der Waals surface area contributed by atoms with E-state index in [-0.39, 0.29) is 11.3 Å². The lowest BCUT2D eigenvalue weighted by Crippen LogP contribution is -2.14. The first-order valence-corrected chi connectivity index (χ1v) is 6.85. The molecule has 8 heteroatoms. The van der Waals surface area contributed by atoms with E-state index >= 15 is 0 Å². The van der Waals surface area contributed by atoms with Gasteiger partial charge in [0, 0.05) is 30.2 Å². The Balaban J connectivity index is 2.08. The normalized spacial score (nSPS) is 10.6. The third-order valence-electron chi connectivity index (χ3n) is 3.06. The van der Waals surface area contributed by atoms with Crippen LogP contribution in [-0.2, 0) is 4.79 Å². The Morgan fingerprint density at radius 3 is 2.62 bits per heavy atom. The number of nitrogens with zero attached hydrogens (tertiary/aromatic N) is 3. The largest absolute Gasteiger partial charge is 0.345 e. The number of pyridine rings is 1. The molecule has 24 heavy (non-hydrogen) atoms. The molecule has 0 aliphatic carbocycles. The number of hydrogen-bond donors (Lipinski definition) is 2. The van der Waals surface area contributed by atoms with E-state index in [9.17, 15) is 14.9 Å². The molecule has 0 bridgehead atoms. The average Bonchev–Trinajstić information content (AvgIpc) is 2.57. The molecular formula is C16H13N5O3. The van der Waals surface area contributed by atoms with Gasteiger partial charge in [0.2, 0.25) is 0 Å². The number of aryl methyl sites for hydroxylation is 1. The van der Waals surface area contributed by atoms with Crippen LogP contribution in [0.5, 0.6) is 0 Å². The zero-order valence-corrected chi connectivity index (χ0v) is 12.7. The first kappa shape index (κ1) is 16.6. The number of carbonyl (C=O) groups excluding carboxylic acids is 1. The molecule has 0 unspecified atom stereocenters. The molecule has 1 aromatic carbocycles. The van der Waals surface area contributed by atoms with Crippen molar-refractivity contribution >= 4 is 23.1 Å². The second-order valence-electron chi connectivity index (χ2n) is 4.74. The number of non-ortho nitro benzene ring substituents is 1. The lowest BCUT2D eigenvalue weighted by atomic mass is 10.2. The van der Waals surface area contributed by atoms with Crippen LogP contribution in [0.25, 0.3) is 0 Å². The number of nitrogens with one attached hydrogen (secondary N) is 2. The van der Waals surface area contributed by atoms with E-state index in [1.54, 1.807) is 18.3 Å². The highest BCUT2D eigenvalue weighted by atomic mass is 16.6. The van der Waals surface area contributed by atoms with Crippen molar-refractivity contribution in [2.24, 2.45) is 0 Å². The van der Waals surface area contributed by atoms with Gasteiger partial charge in [-0.15, -0.1) is 0 Å². The molecule has 0 saturated carbocycles. The lowest BCUT2D eigenvalue weighted by molar-refractivity contribution is -0.384. The second kappa shape index (κ2) is 7.51. The Labute approximate surface area is 137 Å². The van der Waals surface area contributed by atoms with Crippen molar-refractivity contribution in [3.63, 3.8) is 0 Å². The van der Waals surface area contributed by atoms with E-state index in [1.165, 1.54) is 30.5 Å². The number of benzene rings is 1. The van der Waals surface area contributed by atoms with Crippen molar-refractivity contribution in [3.8, 4) is 6.07 Å². The molecular weight excluding hydrogens is 310 g/mol. The number of carbonyl (C=O) groups is 1. The van der Waals surface area contributed by atoms with E-state index < -0.39 is 10.8 Å². The van der Waals surface area contributed by atoms with Crippen molar-refractivity contribution in [3.05, 3.63) is 70.0 Å². The summed E-state index contributed by atoms with van der Waals surface area (Å²) in [6.07, 6.45) is 2.85. The maximum atomic E-state index is 12.1. The molecule has 2 rings (SSSR count). The van der Waals surface area contributed by atoms with Gasteiger partial charge in [0.15, 0.2) is 0 Å². The number of anilines is 2. The SMILES string of the molecule is Cc1cccnc1N/C=C(/C#N)C(=O)Nc1ccc([N+](=O)[O-])cc1. The highest BCUT2D eigenvalue weighted by Gasteiger charge is 2.11. The first-order chi connectivity index (χ1) is 11.5. The van der Waals surface area contributed by atoms with Gasteiger partial charge in [-0.1, -0.05) is 6.07 Å². The molecule has 0 fully saturated rings. The van der Waals surface area contributed by atoms with Gasteiger partial charge in [0.05, 0.1) is 4.92 Å². The van der Waals surface area contributed by atoms with Crippen LogP contribution in [0.3, 0.4) is 0 Å². The van der Waals surface area contributed by atoms with Crippen LogP contribution in [0, 0.1) is 28.4 Å². The van der Waals surface area contributed by atoms with Crippen molar-refractivity contribution in [2.45, 2.75) is 6.92 Å². The zero-order valence-electron chi connectivity index (χ0n) is 12.7. The predicted octanol–water partition coefficient (Wildman–Crippen LogP) is 2.76. The van der Waals surface area contributed by atoms with Crippen LogP contribution in [0.15, 0.2) is 54.4 Å². The van der Waals surface area contributed by atoms with Crippen LogP contribution in [0.4, 0.5) is 17.2 Å². The monoisotopic (exact) mass is 323 g/mol. The molecule has 1 amide bonds. The zero-order chi connectivity index (χ0) is 17.5. The smallest absolute Gasteiger partial charge is 0.269 e. The number of nitro groups is 1. The minimum absolute atomic E-state index is 0.0867. The number of amides is 1. The van der Waals surface area contributed by atoms with Crippen LogP contribution in [-0.4, -0.2) is 15.8 Å². The predicted molar refractivity (Wildman–Crippen MR) is 88.0 cm³/mol. The van der Waals surface area contributed by atoms with Crippen molar-refractivity contribution in [1.29, 1.82) is 5.26 Å². The minimum atomic E-state index is -0.632. The van der Waals surface area contributed by atoms with Crippen LogP contribution in [0.1, 0.15) is 5.56 Å². The van der Waals surface area contributed by atoms with Crippen molar-refractivity contribution < 1.29 is 9.72 Å². The summed E-state index contributed by atoms with van der Waals surface area (Å²) in [5, 5.41) is 25.0. The van der Waals surface area contributed by atoms with Crippen LogP contribution in [0.2, 0.25) is 0 Å². The Bertz CT molecular complexity index is 838. The third kappa shape index (κ3) is 4.14. The lowest BCUT2D eigenvalue weighted by Gasteiger charge is -2.06. The van der Waals surface area contributed by atoms with E-state index in [1.807, 2.05) is 13.0 Å². The minimum Gasteiger partial charge on any atom is -0.345 e.